The molecular formula is C36H30N2O4. The molecule has 9 rings (SSSR count). The second-order valence-corrected chi connectivity index (χ2v) is 12.2. The first-order chi connectivity index (χ1) is 20.5. The van der Waals surface area contributed by atoms with Crippen molar-refractivity contribution in [3.63, 3.8) is 0 Å². The molecule has 6 aliphatic rings. The molecular weight excluding hydrogens is 524 g/mol. The minimum Gasteiger partial charge on any atom is -0.278 e. The van der Waals surface area contributed by atoms with Crippen LogP contribution in [-0.4, -0.2) is 33.4 Å². The number of allylic oxidation sites excluding steroid dienone is 4. The molecule has 7 unspecified atom stereocenters. The van der Waals surface area contributed by atoms with Crippen LogP contribution in [0.3, 0.4) is 0 Å². The van der Waals surface area contributed by atoms with Crippen molar-refractivity contribution in [1.82, 2.24) is 9.80 Å². The zero-order chi connectivity index (χ0) is 28.5. The van der Waals surface area contributed by atoms with Gasteiger partial charge in [-0.3, -0.25) is 29.0 Å². The predicted molar refractivity (Wildman–Crippen MR) is 156 cm³/mol. The fraction of sp³-hybridized carbons (Fsp3) is 0.278. The number of carbonyl (C=O) groups excluding carboxylic acids is 4. The lowest BCUT2D eigenvalue weighted by molar-refractivity contribution is -0.143. The smallest absolute Gasteiger partial charge is 0.234 e. The fourth-order valence-corrected chi connectivity index (χ4v) is 8.49. The summed E-state index contributed by atoms with van der Waals surface area (Å²) < 4.78 is 0. The average Bonchev–Trinajstić information content (AvgIpc) is 3.43. The third kappa shape index (κ3) is 3.57. The van der Waals surface area contributed by atoms with Crippen LogP contribution in [0.2, 0.25) is 0 Å². The molecule has 0 spiro atoms. The van der Waals surface area contributed by atoms with Crippen LogP contribution in [-0.2, 0) is 32.3 Å². The lowest BCUT2D eigenvalue weighted by Gasteiger charge is -2.51. The minimum atomic E-state index is -0.534. The standard InChI is InChI=1S/C36H30N2O4/c39-33-27-18-26(23-14-8-3-9-15-23)28-24-16-17-25(29(28)32(27)36(42)37(33)19-21-10-4-1-5-11-21)31-30(24)34(40)38(35(31)41)20-22-12-6-2-7-13-22/h1-17,24-25,27,29-32H,18-20H2. The van der Waals surface area contributed by atoms with E-state index in [9.17, 15) is 19.2 Å². The zero-order valence-corrected chi connectivity index (χ0v) is 23.0. The van der Waals surface area contributed by atoms with Gasteiger partial charge in [0, 0.05) is 11.8 Å². The Balaban J connectivity index is 1.23. The summed E-state index contributed by atoms with van der Waals surface area (Å²) in [6.07, 6.45) is 4.63. The fourth-order valence-electron chi connectivity index (χ4n) is 8.49. The molecule has 3 fully saturated rings. The van der Waals surface area contributed by atoms with Crippen molar-refractivity contribution in [2.75, 3.05) is 0 Å². The van der Waals surface area contributed by atoms with Gasteiger partial charge in [-0.2, -0.15) is 0 Å². The van der Waals surface area contributed by atoms with E-state index in [4.69, 9.17) is 0 Å². The maximum atomic E-state index is 14.2. The van der Waals surface area contributed by atoms with Crippen LogP contribution in [0.15, 0.2) is 109 Å². The number of nitrogens with zero attached hydrogens (tertiary/aromatic N) is 2. The summed E-state index contributed by atoms with van der Waals surface area (Å²) in [5.74, 6) is -3.48. The highest BCUT2D eigenvalue weighted by atomic mass is 16.2. The molecule has 1 saturated carbocycles. The molecule has 0 radical (unpaired) electrons. The summed E-state index contributed by atoms with van der Waals surface area (Å²) in [6, 6.07) is 29.2. The molecule has 0 N–H and O–H groups in total. The number of benzene rings is 3. The maximum Gasteiger partial charge on any atom is 0.234 e. The predicted octanol–water partition coefficient (Wildman–Crippen LogP) is 4.88. The quantitative estimate of drug-likeness (QED) is 0.333. The average molecular weight is 555 g/mol. The Labute approximate surface area is 244 Å². The third-order valence-electron chi connectivity index (χ3n) is 10.2. The topological polar surface area (TPSA) is 74.8 Å². The molecule has 2 bridgehead atoms. The van der Waals surface area contributed by atoms with Crippen LogP contribution in [0, 0.1) is 41.4 Å². The molecule has 7 atom stereocenters. The van der Waals surface area contributed by atoms with E-state index in [0.717, 1.165) is 27.8 Å². The van der Waals surface area contributed by atoms with Crippen LogP contribution < -0.4 is 0 Å². The van der Waals surface area contributed by atoms with Crippen molar-refractivity contribution < 1.29 is 19.2 Å². The molecule has 6 heteroatoms. The van der Waals surface area contributed by atoms with Crippen LogP contribution >= 0.6 is 0 Å². The molecule has 4 amide bonds. The van der Waals surface area contributed by atoms with Crippen molar-refractivity contribution in [2.45, 2.75) is 19.5 Å². The first kappa shape index (κ1) is 25.2. The number of carbonyl (C=O) groups is 4. The SMILES string of the molecule is O=C1C2CC(c3ccccc3)=C3C4C=CC(C5C(=O)N(Cc6ccccc6)C(=O)C45)C3C2C(=O)N1Cc1ccccc1. The summed E-state index contributed by atoms with van der Waals surface area (Å²) in [4.78, 5) is 59.0. The second-order valence-electron chi connectivity index (χ2n) is 12.2. The van der Waals surface area contributed by atoms with Gasteiger partial charge in [-0.05, 0) is 34.6 Å². The Morgan fingerprint density at radius 1 is 0.548 bits per heavy atom. The van der Waals surface area contributed by atoms with Crippen molar-refractivity contribution in [3.8, 4) is 0 Å². The van der Waals surface area contributed by atoms with Gasteiger partial charge in [0.05, 0.1) is 36.8 Å². The summed E-state index contributed by atoms with van der Waals surface area (Å²) >= 11 is 0. The van der Waals surface area contributed by atoms with E-state index in [1.54, 1.807) is 0 Å². The first-order valence-corrected chi connectivity index (χ1v) is 14.8. The summed E-state index contributed by atoms with van der Waals surface area (Å²) in [6.45, 7) is 0.487. The molecule has 0 aromatic heterocycles. The number of hydrogen-bond acceptors (Lipinski definition) is 4. The third-order valence-corrected chi connectivity index (χ3v) is 10.2. The van der Waals surface area contributed by atoms with Crippen LogP contribution in [0.4, 0.5) is 0 Å². The van der Waals surface area contributed by atoms with E-state index >= 15 is 0 Å². The largest absolute Gasteiger partial charge is 0.278 e. The molecule has 6 nitrogen and oxygen atoms in total. The van der Waals surface area contributed by atoms with Crippen molar-refractivity contribution in [3.05, 3.63) is 125 Å². The molecule has 4 aliphatic carbocycles. The molecule has 208 valence electrons. The molecule has 2 heterocycles. The lowest BCUT2D eigenvalue weighted by atomic mass is 9.49. The maximum absolute atomic E-state index is 14.2. The van der Waals surface area contributed by atoms with E-state index in [-0.39, 0.29) is 54.5 Å². The highest BCUT2D eigenvalue weighted by Crippen LogP contribution is 2.63. The Morgan fingerprint density at radius 3 is 1.69 bits per heavy atom. The summed E-state index contributed by atoms with van der Waals surface area (Å²) in [5.41, 5.74) is 4.99. The number of likely N-dealkylation sites (tertiary alicyclic amines) is 2. The normalized spacial score (nSPS) is 31.1. The van der Waals surface area contributed by atoms with Gasteiger partial charge < -0.3 is 0 Å². The van der Waals surface area contributed by atoms with Crippen LogP contribution in [0.1, 0.15) is 23.1 Å². The van der Waals surface area contributed by atoms with Crippen LogP contribution in [0.25, 0.3) is 5.57 Å². The van der Waals surface area contributed by atoms with Crippen molar-refractivity contribution >= 4 is 29.2 Å². The van der Waals surface area contributed by atoms with Gasteiger partial charge in [0.1, 0.15) is 0 Å². The lowest BCUT2D eigenvalue weighted by Crippen LogP contribution is -2.51. The molecule has 42 heavy (non-hydrogen) atoms. The Kier molecular flexibility index (Phi) is 5.68. The summed E-state index contributed by atoms with van der Waals surface area (Å²) in [7, 11) is 0. The van der Waals surface area contributed by atoms with E-state index in [0.29, 0.717) is 6.42 Å². The van der Waals surface area contributed by atoms with E-state index in [1.807, 2.05) is 78.9 Å². The van der Waals surface area contributed by atoms with Gasteiger partial charge in [0.25, 0.3) is 0 Å². The van der Waals surface area contributed by atoms with Crippen molar-refractivity contribution in [2.24, 2.45) is 41.4 Å². The number of amides is 4. The first-order valence-electron chi connectivity index (χ1n) is 14.8. The number of imide groups is 2. The van der Waals surface area contributed by atoms with E-state index < -0.39 is 23.7 Å². The van der Waals surface area contributed by atoms with Gasteiger partial charge in [-0.1, -0.05) is 109 Å². The molecule has 2 saturated heterocycles. The molecule has 2 aliphatic heterocycles. The number of fused-ring (bicyclic) bond motifs is 1. The van der Waals surface area contributed by atoms with E-state index in [2.05, 4.69) is 24.3 Å². The Bertz CT molecular complexity index is 1680. The van der Waals surface area contributed by atoms with E-state index in [1.165, 1.54) is 9.80 Å². The number of hydrogen-bond donors (Lipinski definition) is 0. The Hall–Kier alpha value is -4.58. The van der Waals surface area contributed by atoms with Gasteiger partial charge in [0.2, 0.25) is 23.6 Å². The molecule has 3 aromatic rings. The van der Waals surface area contributed by atoms with Crippen LogP contribution in [0.5, 0.6) is 0 Å². The second kappa shape index (κ2) is 9.48. The highest BCUT2D eigenvalue weighted by molar-refractivity contribution is 6.09. The summed E-state index contributed by atoms with van der Waals surface area (Å²) in [5, 5.41) is 0. The van der Waals surface area contributed by atoms with Gasteiger partial charge in [-0.15, -0.1) is 0 Å². The Morgan fingerprint density at radius 2 is 1.07 bits per heavy atom. The highest BCUT2D eigenvalue weighted by Gasteiger charge is 2.66. The van der Waals surface area contributed by atoms with Gasteiger partial charge >= 0.3 is 0 Å². The van der Waals surface area contributed by atoms with Gasteiger partial charge in [-0.25, -0.2) is 0 Å². The van der Waals surface area contributed by atoms with Crippen molar-refractivity contribution in [1.29, 1.82) is 0 Å². The zero-order valence-electron chi connectivity index (χ0n) is 23.0. The number of rotatable bonds is 5. The van der Waals surface area contributed by atoms with Gasteiger partial charge in [0.15, 0.2) is 0 Å². The molecule has 3 aromatic carbocycles. The monoisotopic (exact) mass is 554 g/mol. The minimum absolute atomic E-state index is 0.131.